The molecule has 3 aromatic rings. The first kappa shape index (κ1) is 27.8. The number of aromatic nitrogens is 2. The van der Waals surface area contributed by atoms with Crippen molar-refractivity contribution in [3.8, 4) is 5.75 Å². The molecule has 2 N–H and O–H groups in total. The number of rotatable bonds is 7. The zero-order chi connectivity index (χ0) is 27.8. The second-order valence-corrected chi connectivity index (χ2v) is 10.2. The summed E-state index contributed by atoms with van der Waals surface area (Å²) in [6.45, 7) is 7.71. The number of aryl methyl sites for hydroxylation is 1. The molecular weight excluding hydrogens is 497 g/mol. The van der Waals surface area contributed by atoms with Crippen molar-refractivity contribution >= 4 is 16.8 Å². The first-order chi connectivity index (χ1) is 17.9. The van der Waals surface area contributed by atoms with Gasteiger partial charge in [0.1, 0.15) is 11.8 Å². The summed E-state index contributed by atoms with van der Waals surface area (Å²) in [7, 11) is 1.48. The number of carbonyl (C=O) groups is 1. The molecule has 0 spiro atoms. The van der Waals surface area contributed by atoms with Crippen LogP contribution >= 0.6 is 0 Å². The summed E-state index contributed by atoms with van der Waals surface area (Å²) >= 11 is 0. The molecule has 1 aromatic carbocycles. The number of piperidine rings is 1. The first-order valence-corrected chi connectivity index (χ1v) is 12.9. The molecule has 1 saturated heterocycles. The average Bonchev–Trinajstić information content (AvgIpc) is 3.17. The fourth-order valence-corrected chi connectivity index (χ4v) is 5.70. The van der Waals surface area contributed by atoms with Crippen molar-refractivity contribution in [3.63, 3.8) is 0 Å². The van der Waals surface area contributed by atoms with Gasteiger partial charge in [-0.15, -0.1) is 0 Å². The molecule has 2 unspecified atom stereocenters. The molecule has 7 nitrogen and oxygen atoms in total. The molecular formula is C28H35F3N4O3. The minimum Gasteiger partial charge on any atom is -0.496 e. The summed E-state index contributed by atoms with van der Waals surface area (Å²) in [5.41, 5.74) is 2.89. The molecule has 0 aliphatic carbocycles. The number of aromatic amines is 1. The lowest BCUT2D eigenvalue weighted by molar-refractivity contribution is -0.182. The number of hydrogen-bond acceptors (Lipinski definition) is 4. The van der Waals surface area contributed by atoms with E-state index in [0.717, 1.165) is 16.6 Å². The van der Waals surface area contributed by atoms with Crippen LogP contribution in [0.15, 0.2) is 35.1 Å². The fourth-order valence-electron chi connectivity index (χ4n) is 5.70. The van der Waals surface area contributed by atoms with Crippen LogP contribution in [-0.4, -0.2) is 52.8 Å². The Labute approximate surface area is 220 Å². The lowest BCUT2D eigenvalue weighted by Crippen LogP contribution is -2.48. The number of halogens is 3. The lowest BCUT2D eigenvalue weighted by atomic mass is 9.89. The molecule has 2 aromatic heterocycles. The van der Waals surface area contributed by atoms with E-state index in [0.29, 0.717) is 48.5 Å². The van der Waals surface area contributed by atoms with Gasteiger partial charge in [0, 0.05) is 28.3 Å². The quantitative estimate of drug-likeness (QED) is 0.443. The maximum absolute atomic E-state index is 13.5. The first-order valence-electron chi connectivity index (χ1n) is 12.9. The third-order valence-electron chi connectivity index (χ3n) is 7.94. The zero-order valence-electron chi connectivity index (χ0n) is 22.4. The van der Waals surface area contributed by atoms with Gasteiger partial charge < -0.3 is 19.6 Å². The van der Waals surface area contributed by atoms with Crippen molar-refractivity contribution in [1.29, 1.82) is 0 Å². The van der Waals surface area contributed by atoms with Gasteiger partial charge in [0.15, 0.2) is 0 Å². The van der Waals surface area contributed by atoms with Crippen LogP contribution in [0.3, 0.4) is 0 Å². The number of hydrogen-bond donors (Lipinski definition) is 2. The number of para-hydroxylation sites is 1. The number of benzene rings is 1. The molecule has 1 amide bonds. The molecule has 4 rings (SSSR count). The molecule has 0 saturated carbocycles. The van der Waals surface area contributed by atoms with Gasteiger partial charge in [-0.05, 0) is 71.7 Å². The number of ether oxygens (including phenoxy) is 1. The van der Waals surface area contributed by atoms with Crippen molar-refractivity contribution in [1.82, 2.24) is 19.8 Å². The average molecular weight is 533 g/mol. The monoisotopic (exact) mass is 532 g/mol. The number of fused-ring (bicyclic) bond motifs is 1. The van der Waals surface area contributed by atoms with E-state index in [1.54, 1.807) is 13.0 Å². The molecule has 0 bridgehead atoms. The van der Waals surface area contributed by atoms with Crippen LogP contribution < -0.4 is 15.6 Å². The van der Waals surface area contributed by atoms with Gasteiger partial charge >= 0.3 is 6.18 Å². The summed E-state index contributed by atoms with van der Waals surface area (Å²) in [6.07, 6.45) is -2.95. The Hall–Kier alpha value is -3.27. The number of methoxy groups -OCH3 is 1. The standard InChI is InChI=1S/C28H35F3N4O3/c1-16-14-24(38-5)22(26(36)33-16)15-32-27(37)25-18(3)35(23-9-7-6-8-21(23)25)17(2)20-10-12-34(13-11-20)19(4)28(29,30)31/h6-9,14,17,19-20H,10-13,15H2,1-5H3,(H,32,37)(H,33,36). The van der Waals surface area contributed by atoms with Crippen LogP contribution in [-0.2, 0) is 6.54 Å². The highest BCUT2D eigenvalue weighted by Crippen LogP contribution is 2.37. The maximum atomic E-state index is 13.5. The SMILES string of the molecule is COc1cc(C)[nH]c(=O)c1CNC(=O)c1c(C)n(C(C)C2CCN(C(C)C(F)(F)F)CC2)c2ccccc12. The minimum absolute atomic E-state index is 0.00195. The van der Waals surface area contributed by atoms with E-state index in [1.165, 1.54) is 18.9 Å². The number of likely N-dealkylation sites (tertiary alicyclic amines) is 1. The Balaban J connectivity index is 1.58. The third-order valence-corrected chi connectivity index (χ3v) is 7.94. The molecule has 38 heavy (non-hydrogen) atoms. The molecule has 1 aliphatic rings. The minimum atomic E-state index is -4.23. The highest BCUT2D eigenvalue weighted by molar-refractivity contribution is 6.08. The predicted octanol–water partition coefficient (Wildman–Crippen LogP) is 5.11. The van der Waals surface area contributed by atoms with E-state index >= 15 is 0 Å². The highest BCUT2D eigenvalue weighted by atomic mass is 19.4. The number of H-pyrrole nitrogens is 1. The maximum Gasteiger partial charge on any atom is 0.403 e. The number of nitrogens with zero attached hydrogens (tertiary/aromatic N) is 2. The van der Waals surface area contributed by atoms with Gasteiger partial charge in [-0.25, -0.2) is 0 Å². The Morgan fingerprint density at radius 1 is 1.18 bits per heavy atom. The van der Waals surface area contributed by atoms with Crippen LogP contribution in [0, 0.1) is 19.8 Å². The number of pyridine rings is 1. The predicted molar refractivity (Wildman–Crippen MR) is 141 cm³/mol. The summed E-state index contributed by atoms with van der Waals surface area (Å²) in [5, 5.41) is 3.68. The van der Waals surface area contributed by atoms with Gasteiger partial charge in [-0.3, -0.25) is 14.5 Å². The van der Waals surface area contributed by atoms with Crippen molar-refractivity contribution in [2.45, 2.75) is 65.3 Å². The van der Waals surface area contributed by atoms with E-state index in [-0.39, 0.29) is 30.0 Å². The van der Waals surface area contributed by atoms with Crippen LogP contribution in [0.25, 0.3) is 10.9 Å². The highest BCUT2D eigenvalue weighted by Gasteiger charge is 2.41. The smallest absolute Gasteiger partial charge is 0.403 e. The fraction of sp³-hybridized carbons (Fsp3) is 0.500. The molecule has 10 heteroatoms. The zero-order valence-corrected chi connectivity index (χ0v) is 22.4. The van der Waals surface area contributed by atoms with Crippen LogP contribution in [0.4, 0.5) is 13.2 Å². The Kier molecular flexibility index (Phi) is 7.92. The largest absolute Gasteiger partial charge is 0.496 e. The Morgan fingerprint density at radius 3 is 2.47 bits per heavy atom. The third kappa shape index (κ3) is 5.32. The van der Waals surface area contributed by atoms with Crippen molar-refractivity contribution in [2.75, 3.05) is 20.2 Å². The van der Waals surface area contributed by atoms with Gasteiger partial charge in [-0.1, -0.05) is 18.2 Å². The van der Waals surface area contributed by atoms with Gasteiger partial charge in [0.25, 0.3) is 11.5 Å². The van der Waals surface area contributed by atoms with E-state index < -0.39 is 12.2 Å². The molecule has 206 valence electrons. The molecule has 1 fully saturated rings. The molecule has 2 atom stereocenters. The van der Waals surface area contributed by atoms with Gasteiger partial charge in [-0.2, -0.15) is 13.2 Å². The van der Waals surface area contributed by atoms with Crippen LogP contribution in [0.2, 0.25) is 0 Å². The Morgan fingerprint density at radius 2 is 1.84 bits per heavy atom. The Bertz CT molecular complexity index is 1370. The molecule has 0 radical (unpaired) electrons. The topological polar surface area (TPSA) is 79.4 Å². The summed E-state index contributed by atoms with van der Waals surface area (Å²) < 4.78 is 47.1. The van der Waals surface area contributed by atoms with Crippen LogP contribution in [0.5, 0.6) is 5.75 Å². The van der Waals surface area contributed by atoms with Crippen molar-refractivity contribution in [3.05, 3.63) is 63.2 Å². The van der Waals surface area contributed by atoms with E-state index in [1.807, 2.05) is 31.2 Å². The van der Waals surface area contributed by atoms with Gasteiger partial charge in [0.05, 0.1) is 24.8 Å². The summed E-state index contributed by atoms with van der Waals surface area (Å²) in [5.74, 6) is 0.276. The molecule has 1 aliphatic heterocycles. The van der Waals surface area contributed by atoms with Gasteiger partial charge in [0.2, 0.25) is 0 Å². The summed E-state index contributed by atoms with van der Waals surface area (Å²) in [6, 6.07) is 7.89. The number of alkyl halides is 3. The second-order valence-electron chi connectivity index (χ2n) is 10.2. The lowest BCUT2D eigenvalue weighted by Gasteiger charge is -2.39. The van der Waals surface area contributed by atoms with E-state index in [9.17, 15) is 22.8 Å². The van der Waals surface area contributed by atoms with Crippen LogP contribution in [0.1, 0.15) is 60.0 Å². The normalized spacial score (nSPS) is 16.9. The van der Waals surface area contributed by atoms with E-state index in [2.05, 4.69) is 21.8 Å². The van der Waals surface area contributed by atoms with E-state index in [4.69, 9.17) is 4.74 Å². The number of amides is 1. The number of nitrogens with one attached hydrogen (secondary N) is 2. The molecule has 3 heterocycles. The summed E-state index contributed by atoms with van der Waals surface area (Å²) in [4.78, 5) is 30.2. The van der Waals surface area contributed by atoms with Crippen molar-refractivity contribution < 1.29 is 22.7 Å². The van der Waals surface area contributed by atoms with Crippen molar-refractivity contribution in [2.24, 2.45) is 5.92 Å². The second kappa shape index (κ2) is 10.8. The number of carbonyl (C=O) groups excluding carboxylic acids is 1.